The predicted octanol–water partition coefficient (Wildman–Crippen LogP) is 4.22. The van der Waals surface area contributed by atoms with Gasteiger partial charge < -0.3 is 4.74 Å². The van der Waals surface area contributed by atoms with Gasteiger partial charge in [0.2, 0.25) is 0 Å². The average molecular weight is 293 g/mol. The van der Waals surface area contributed by atoms with Crippen molar-refractivity contribution in [3.63, 3.8) is 0 Å². The number of hydrogen-bond acceptors (Lipinski definition) is 2. The van der Waals surface area contributed by atoms with Crippen molar-refractivity contribution in [3.8, 4) is 5.75 Å². The molecule has 2 rings (SSSR count). The molecule has 2 aromatic carbocycles. The van der Waals surface area contributed by atoms with Crippen molar-refractivity contribution in [1.29, 1.82) is 0 Å². The molecule has 20 heavy (non-hydrogen) atoms. The molecule has 0 amide bonds. The van der Waals surface area contributed by atoms with Crippen molar-refractivity contribution in [2.75, 3.05) is 7.11 Å². The van der Waals surface area contributed by atoms with Gasteiger partial charge in [0.1, 0.15) is 11.6 Å². The van der Waals surface area contributed by atoms with E-state index in [1.807, 2.05) is 19.1 Å². The summed E-state index contributed by atoms with van der Waals surface area (Å²) in [6.07, 6.45) is 0.0867. The summed E-state index contributed by atoms with van der Waals surface area (Å²) < 4.78 is 18.9. The van der Waals surface area contributed by atoms with Crippen molar-refractivity contribution in [3.05, 3.63) is 63.9 Å². The Morgan fingerprint density at radius 1 is 1.25 bits per heavy atom. The van der Waals surface area contributed by atoms with Crippen LogP contribution in [0.25, 0.3) is 0 Å². The molecule has 2 aromatic rings. The minimum absolute atomic E-state index is 0.0398. The molecule has 2 nitrogen and oxygen atoms in total. The van der Waals surface area contributed by atoms with Crippen molar-refractivity contribution in [2.45, 2.75) is 13.3 Å². The Kier molecular flexibility index (Phi) is 4.40. The first-order valence-electron chi connectivity index (χ1n) is 6.13. The quantitative estimate of drug-likeness (QED) is 0.789. The molecule has 0 saturated carbocycles. The fraction of sp³-hybridized carbons (Fsp3) is 0.188. The van der Waals surface area contributed by atoms with Crippen molar-refractivity contribution >= 4 is 17.4 Å². The average Bonchev–Trinajstić information content (AvgIpc) is 2.38. The van der Waals surface area contributed by atoms with Crippen LogP contribution in [0.3, 0.4) is 0 Å². The van der Waals surface area contributed by atoms with E-state index in [1.54, 1.807) is 13.2 Å². The zero-order valence-electron chi connectivity index (χ0n) is 11.2. The van der Waals surface area contributed by atoms with Crippen molar-refractivity contribution in [1.82, 2.24) is 0 Å². The number of ketones is 1. The van der Waals surface area contributed by atoms with Gasteiger partial charge in [-0.2, -0.15) is 0 Å². The molecular formula is C16H14ClFO2. The number of hydrogen-bond donors (Lipinski definition) is 0. The van der Waals surface area contributed by atoms with E-state index in [2.05, 4.69) is 0 Å². The highest BCUT2D eigenvalue weighted by molar-refractivity contribution is 6.30. The molecule has 0 aromatic heterocycles. The Morgan fingerprint density at radius 2 is 2.00 bits per heavy atom. The van der Waals surface area contributed by atoms with Gasteiger partial charge in [-0.25, -0.2) is 4.39 Å². The molecule has 0 spiro atoms. The Balaban J connectivity index is 2.30. The second kappa shape index (κ2) is 6.06. The maximum atomic E-state index is 13.7. The summed E-state index contributed by atoms with van der Waals surface area (Å²) in [5.41, 5.74) is 1.80. The van der Waals surface area contributed by atoms with Crippen molar-refractivity contribution < 1.29 is 13.9 Å². The lowest BCUT2D eigenvalue weighted by molar-refractivity contribution is 0.0988. The van der Waals surface area contributed by atoms with Gasteiger partial charge in [0.25, 0.3) is 0 Å². The van der Waals surface area contributed by atoms with Gasteiger partial charge in [-0.3, -0.25) is 4.79 Å². The maximum absolute atomic E-state index is 13.7. The largest absolute Gasteiger partial charge is 0.496 e. The number of ether oxygens (including phenoxy) is 1. The first kappa shape index (κ1) is 14.5. The van der Waals surface area contributed by atoms with Crippen LogP contribution in [0.4, 0.5) is 4.39 Å². The highest BCUT2D eigenvalue weighted by atomic mass is 35.5. The summed E-state index contributed by atoms with van der Waals surface area (Å²) in [5, 5.41) is 0.271. The molecule has 0 N–H and O–H groups in total. The monoisotopic (exact) mass is 292 g/mol. The molecule has 0 aliphatic carbocycles. The third-order valence-electron chi connectivity index (χ3n) is 3.02. The van der Waals surface area contributed by atoms with Crippen LogP contribution in [-0.2, 0) is 6.42 Å². The molecule has 0 fully saturated rings. The van der Waals surface area contributed by atoms with Gasteiger partial charge in [-0.05, 0) is 31.2 Å². The van der Waals surface area contributed by atoms with E-state index < -0.39 is 5.82 Å². The highest BCUT2D eigenvalue weighted by Crippen LogP contribution is 2.23. The van der Waals surface area contributed by atoms with Crippen LogP contribution in [0.2, 0.25) is 5.02 Å². The van der Waals surface area contributed by atoms with E-state index in [-0.39, 0.29) is 22.8 Å². The van der Waals surface area contributed by atoms with Crippen LogP contribution in [-0.4, -0.2) is 12.9 Å². The van der Waals surface area contributed by atoms with E-state index in [9.17, 15) is 9.18 Å². The number of Topliss-reactive ketones (excluding diaryl/α,β-unsaturated/α-hetero) is 1. The van der Waals surface area contributed by atoms with Gasteiger partial charge in [0.15, 0.2) is 5.78 Å². The lowest BCUT2D eigenvalue weighted by Crippen LogP contribution is -2.07. The number of rotatable bonds is 4. The summed E-state index contributed by atoms with van der Waals surface area (Å²) >= 11 is 5.68. The molecule has 0 heterocycles. The van der Waals surface area contributed by atoms with E-state index in [0.717, 1.165) is 17.2 Å². The van der Waals surface area contributed by atoms with Gasteiger partial charge in [-0.15, -0.1) is 0 Å². The molecule has 0 radical (unpaired) electrons. The van der Waals surface area contributed by atoms with Crippen LogP contribution < -0.4 is 4.74 Å². The van der Waals surface area contributed by atoms with Crippen molar-refractivity contribution in [2.24, 2.45) is 0 Å². The minimum Gasteiger partial charge on any atom is -0.496 e. The molecule has 104 valence electrons. The smallest absolute Gasteiger partial charge is 0.170 e. The van der Waals surface area contributed by atoms with Crippen LogP contribution in [0.5, 0.6) is 5.75 Å². The third kappa shape index (κ3) is 3.17. The van der Waals surface area contributed by atoms with Crippen LogP contribution in [0, 0.1) is 12.7 Å². The zero-order valence-corrected chi connectivity index (χ0v) is 12.0. The minimum atomic E-state index is -0.603. The molecule has 0 aliphatic heterocycles. The Labute approximate surface area is 122 Å². The lowest BCUT2D eigenvalue weighted by Gasteiger charge is -2.09. The number of aryl methyl sites for hydroxylation is 1. The first-order chi connectivity index (χ1) is 9.51. The summed E-state index contributed by atoms with van der Waals surface area (Å²) in [5.74, 6) is -0.282. The van der Waals surface area contributed by atoms with Crippen LogP contribution in [0.1, 0.15) is 21.5 Å². The standard InChI is InChI=1S/C16H14ClFO2/c1-10-3-6-16(20-2)11(7-10)8-15(19)13-5-4-12(17)9-14(13)18/h3-7,9H,8H2,1-2H3. The number of halogens is 2. The molecule has 0 unspecified atom stereocenters. The van der Waals surface area contributed by atoms with E-state index in [1.165, 1.54) is 12.1 Å². The fourth-order valence-corrected chi connectivity index (χ4v) is 2.19. The second-order valence-corrected chi connectivity index (χ2v) is 4.98. The number of methoxy groups -OCH3 is 1. The fourth-order valence-electron chi connectivity index (χ4n) is 2.03. The summed E-state index contributed by atoms with van der Waals surface area (Å²) in [6.45, 7) is 1.93. The Hall–Kier alpha value is -1.87. The van der Waals surface area contributed by atoms with E-state index in [0.29, 0.717) is 5.75 Å². The number of carbonyl (C=O) groups is 1. The van der Waals surface area contributed by atoms with Gasteiger partial charge in [-0.1, -0.05) is 29.3 Å². The highest BCUT2D eigenvalue weighted by Gasteiger charge is 2.15. The molecule has 0 atom stereocenters. The SMILES string of the molecule is COc1ccc(C)cc1CC(=O)c1ccc(Cl)cc1F. The zero-order chi connectivity index (χ0) is 14.7. The Morgan fingerprint density at radius 3 is 2.65 bits per heavy atom. The lowest BCUT2D eigenvalue weighted by atomic mass is 10.0. The third-order valence-corrected chi connectivity index (χ3v) is 3.25. The molecule has 0 saturated heterocycles. The van der Waals surface area contributed by atoms with E-state index >= 15 is 0 Å². The van der Waals surface area contributed by atoms with Crippen LogP contribution >= 0.6 is 11.6 Å². The van der Waals surface area contributed by atoms with Gasteiger partial charge in [0.05, 0.1) is 12.7 Å². The summed E-state index contributed by atoms with van der Waals surface area (Å²) in [6, 6.07) is 9.62. The summed E-state index contributed by atoms with van der Waals surface area (Å²) in [7, 11) is 1.54. The predicted molar refractivity (Wildman–Crippen MR) is 77.2 cm³/mol. The van der Waals surface area contributed by atoms with E-state index in [4.69, 9.17) is 16.3 Å². The molecular weight excluding hydrogens is 279 g/mol. The number of carbonyl (C=O) groups excluding carboxylic acids is 1. The second-order valence-electron chi connectivity index (χ2n) is 4.54. The molecule has 0 aliphatic rings. The Bertz CT molecular complexity index is 653. The normalized spacial score (nSPS) is 10.4. The number of benzene rings is 2. The summed E-state index contributed by atoms with van der Waals surface area (Å²) in [4.78, 5) is 12.2. The maximum Gasteiger partial charge on any atom is 0.170 e. The van der Waals surface area contributed by atoms with Gasteiger partial charge >= 0.3 is 0 Å². The van der Waals surface area contributed by atoms with Crippen LogP contribution in [0.15, 0.2) is 36.4 Å². The topological polar surface area (TPSA) is 26.3 Å². The molecule has 4 heteroatoms. The van der Waals surface area contributed by atoms with Gasteiger partial charge in [0, 0.05) is 17.0 Å². The molecule has 0 bridgehead atoms. The first-order valence-corrected chi connectivity index (χ1v) is 6.51.